The molecule has 0 saturated carbocycles. The molecule has 2 saturated heterocycles. The van der Waals surface area contributed by atoms with Crippen molar-refractivity contribution in [3.05, 3.63) is 30.3 Å². The van der Waals surface area contributed by atoms with E-state index in [2.05, 4.69) is 48.3 Å². The van der Waals surface area contributed by atoms with Gasteiger partial charge in [-0.3, -0.25) is 4.90 Å². The first-order valence-electron chi connectivity index (χ1n) is 8.08. The fourth-order valence-electron chi connectivity index (χ4n) is 4.40. The summed E-state index contributed by atoms with van der Waals surface area (Å²) < 4.78 is 0. The predicted molar refractivity (Wildman–Crippen MR) is 87.1 cm³/mol. The summed E-state index contributed by atoms with van der Waals surface area (Å²) in [7, 11) is -1.53. The summed E-state index contributed by atoms with van der Waals surface area (Å²) >= 11 is 0. The number of piperidine rings is 2. The third-order valence-corrected chi connectivity index (χ3v) is 9.88. The normalized spacial score (nSPS) is 31.9. The topological polar surface area (TPSA) is 23.5 Å². The van der Waals surface area contributed by atoms with E-state index in [1.54, 1.807) is 5.19 Å². The standard InChI is InChI=1S/C17H27NOSi/c1-20(2,14-8-4-3-5-9-14)16-11-7-13-18-12-6-10-15(19)17(16)18/h3-5,8-9,15-17,19H,6-7,10-13H2,1-2H3/t15-,16-,17+/m0/s1. The highest BCUT2D eigenvalue weighted by atomic mass is 28.3. The Hall–Kier alpha value is -0.643. The Morgan fingerprint density at radius 2 is 1.70 bits per heavy atom. The predicted octanol–water partition coefficient (Wildman–Crippen LogP) is 2.59. The number of hydrogen-bond donors (Lipinski definition) is 1. The largest absolute Gasteiger partial charge is 0.391 e. The summed E-state index contributed by atoms with van der Waals surface area (Å²) in [5.74, 6) is 0. The molecule has 110 valence electrons. The van der Waals surface area contributed by atoms with E-state index in [1.807, 2.05) is 0 Å². The summed E-state index contributed by atoms with van der Waals surface area (Å²) in [4.78, 5) is 2.58. The molecule has 2 aliphatic heterocycles. The smallest absolute Gasteiger partial charge is 0.0853 e. The first kappa shape index (κ1) is 14.3. The minimum Gasteiger partial charge on any atom is -0.391 e. The van der Waals surface area contributed by atoms with Gasteiger partial charge >= 0.3 is 0 Å². The lowest BCUT2D eigenvalue weighted by Crippen LogP contribution is -2.61. The summed E-state index contributed by atoms with van der Waals surface area (Å²) in [5.41, 5.74) is 0.689. The van der Waals surface area contributed by atoms with E-state index in [4.69, 9.17) is 0 Å². The highest BCUT2D eigenvalue weighted by Crippen LogP contribution is 2.40. The van der Waals surface area contributed by atoms with Crippen molar-refractivity contribution in [3.8, 4) is 0 Å². The van der Waals surface area contributed by atoms with Crippen LogP contribution in [0.15, 0.2) is 30.3 Å². The van der Waals surface area contributed by atoms with Gasteiger partial charge in [-0.05, 0) is 44.3 Å². The van der Waals surface area contributed by atoms with Crippen LogP contribution in [0.5, 0.6) is 0 Å². The van der Waals surface area contributed by atoms with Crippen molar-refractivity contribution in [2.24, 2.45) is 0 Å². The van der Waals surface area contributed by atoms with Crippen LogP contribution in [-0.2, 0) is 0 Å². The summed E-state index contributed by atoms with van der Waals surface area (Å²) in [6.07, 6.45) is 4.66. The average Bonchev–Trinajstić information content (AvgIpc) is 2.48. The molecule has 2 nitrogen and oxygen atoms in total. The van der Waals surface area contributed by atoms with Gasteiger partial charge in [0.15, 0.2) is 0 Å². The molecule has 0 bridgehead atoms. The van der Waals surface area contributed by atoms with Gasteiger partial charge in [0.05, 0.1) is 14.2 Å². The van der Waals surface area contributed by atoms with Crippen LogP contribution in [0, 0.1) is 0 Å². The van der Waals surface area contributed by atoms with E-state index in [1.165, 1.54) is 25.9 Å². The Morgan fingerprint density at radius 3 is 2.40 bits per heavy atom. The maximum atomic E-state index is 10.6. The van der Waals surface area contributed by atoms with Gasteiger partial charge in [0.25, 0.3) is 0 Å². The lowest BCUT2D eigenvalue weighted by atomic mass is 9.90. The third kappa shape index (κ3) is 2.47. The number of benzene rings is 1. The van der Waals surface area contributed by atoms with Crippen LogP contribution < -0.4 is 5.19 Å². The molecule has 20 heavy (non-hydrogen) atoms. The summed E-state index contributed by atoms with van der Waals surface area (Å²) in [5, 5.41) is 12.1. The third-order valence-electron chi connectivity index (χ3n) is 5.58. The van der Waals surface area contributed by atoms with Crippen molar-refractivity contribution >= 4 is 13.3 Å². The molecule has 1 N–H and O–H groups in total. The zero-order chi connectivity index (χ0) is 14.2. The van der Waals surface area contributed by atoms with Crippen molar-refractivity contribution in [1.82, 2.24) is 4.90 Å². The molecular weight excluding hydrogens is 262 g/mol. The molecule has 0 spiro atoms. The molecule has 3 atom stereocenters. The van der Waals surface area contributed by atoms with Crippen LogP contribution in [0.3, 0.4) is 0 Å². The first-order chi connectivity index (χ1) is 9.60. The van der Waals surface area contributed by atoms with Crippen LogP contribution >= 0.6 is 0 Å². The minimum absolute atomic E-state index is 0.107. The molecular formula is C17H27NOSi. The zero-order valence-electron chi connectivity index (χ0n) is 12.8. The number of rotatable bonds is 2. The van der Waals surface area contributed by atoms with Gasteiger partial charge in [0.1, 0.15) is 0 Å². The van der Waals surface area contributed by atoms with Gasteiger partial charge in [0, 0.05) is 6.04 Å². The second-order valence-corrected chi connectivity index (χ2v) is 11.8. The van der Waals surface area contributed by atoms with E-state index in [0.717, 1.165) is 12.8 Å². The number of aliphatic hydroxyl groups excluding tert-OH is 1. The van der Waals surface area contributed by atoms with Gasteiger partial charge in [-0.25, -0.2) is 0 Å². The molecule has 2 fully saturated rings. The van der Waals surface area contributed by atoms with Gasteiger partial charge in [-0.2, -0.15) is 0 Å². The van der Waals surface area contributed by atoms with Crippen molar-refractivity contribution in [2.45, 2.75) is 56.5 Å². The molecule has 2 heterocycles. The Kier molecular flexibility index (Phi) is 4.02. The van der Waals surface area contributed by atoms with E-state index in [9.17, 15) is 5.11 Å². The number of nitrogens with zero attached hydrogens (tertiary/aromatic N) is 1. The average molecular weight is 289 g/mol. The first-order valence-corrected chi connectivity index (χ1v) is 11.2. The van der Waals surface area contributed by atoms with Crippen LogP contribution in [0.25, 0.3) is 0 Å². The lowest BCUT2D eigenvalue weighted by Gasteiger charge is -2.51. The minimum atomic E-state index is -1.53. The monoisotopic (exact) mass is 289 g/mol. The number of aliphatic hydroxyl groups is 1. The summed E-state index contributed by atoms with van der Waals surface area (Å²) in [6.45, 7) is 7.38. The van der Waals surface area contributed by atoms with Gasteiger partial charge < -0.3 is 5.11 Å². The van der Waals surface area contributed by atoms with E-state index < -0.39 is 8.07 Å². The Balaban J connectivity index is 1.91. The van der Waals surface area contributed by atoms with Crippen molar-refractivity contribution in [2.75, 3.05) is 13.1 Å². The fraction of sp³-hybridized carbons (Fsp3) is 0.647. The van der Waals surface area contributed by atoms with Gasteiger partial charge in [-0.15, -0.1) is 0 Å². The fourth-order valence-corrected chi connectivity index (χ4v) is 8.10. The Bertz CT molecular complexity index is 446. The quantitative estimate of drug-likeness (QED) is 0.846. The maximum absolute atomic E-state index is 10.6. The molecule has 1 aromatic rings. The van der Waals surface area contributed by atoms with E-state index in [0.29, 0.717) is 11.6 Å². The Morgan fingerprint density at radius 1 is 1.05 bits per heavy atom. The second-order valence-electron chi connectivity index (χ2n) is 7.07. The summed E-state index contributed by atoms with van der Waals surface area (Å²) in [6, 6.07) is 11.5. The molecule has 3 rings (SSSR count). The highest BCUT2D eigenvalue weighted by Gasteiger charge is 2.46. The molecule has 0 unspecified atom stereocenters. The second kappa shape index (κ2) is 5.62. The molecule has 1 aromatic carbocycles. The molecule has 0 radical (unpaired) electrons. The zero-order valence-corrected chi connectivity index (χ0v) is 13.8. The molecule has 3 heteroatoms. The van der Waals surface area contributed by atoms with Crippen LogP contribution in [0.2, 0.25) is 18.6 Å². The van der Waals surface area contributed by atoms with Crippen LogP contribution in [-0.4, -0.2) is 43.3 Å². The number of fused-ring (bicyclic) bond motifs is 1. The van der Waals surface area contributed by atoms with Gasteiger partial charge in [-0.1, -0.05) is 48.6 Å². The van der Waals surface area contributed by atoms with Gasteiger partial charge in [0.2, 0.25) is 0 Å². The molecule has 0 aromatic heterocycles. The van der Waals surface area contributed by atoms with Crippen LogP contribution in [0.4, 0.5) is 0 Å². The maximum Gasteiger partial charge on any atom is 0.0853 e. The van der Waals surface area contributed by atoms with E-state index in [-0.39, 0.29) is 6.10 Å². The molecule has 2 aliphatic rings. The Labute approximate surface area is 123 Å². The molecule has 0 aliphatic carbocycles. The lowest BCUT2D eigenvalue weighted by molar-refractivity contribution is -0.00932. The highest BCUT2D eigenvalue weighted by molar-refractivity contribution is 6.91. The van der Waals surface area contributed by atoms with Crippen molar-refractivity contribution in [3.63, 3.8) is 0 Å². The molecule has 0 amide bonds. The SMILES string of the molecule is C[Si](C)(c1ccccc1)[C@H]1CCCN2CCC[C@H](O)[C@H]12. The van der Waals surface area contributed by atoms with Crippen molar-refractivity contribution in [1.29, 1.82) is 0 Å². The van der Waals surface area contributed by atoms with Crippen LogP contribution in [0.1, 0.15) is 25.7 Å². The number of hydrogen-bond acceptors (Lipinski definition) is 2. The van der Waals surface area contributed by atoms with E-state index >= 15 is 0 Å². The van der Waals surface area contributed by atoms with Crippen molar-refractivity contribution < 1.29 is 5.11 Å².